The Bertz CT molecular complexity index is 966. The summed E-state index contributed by atoms with van der Waals surface area (Å²) in [7, 11) is -3.56. The SMILES string of the molecule is CC1CN(c2ccccc2)CCN1C(=O)C1CCCN(S(=O)(=O)c2ccccc2)C1. The van der Waals surface area contributed by atoms with E-state index in [1.165, 1.54) is 9.99 Å². The van der Waals surface area contributed by atoms with Crippen molar-refractivity contribution < 1.29 is 13.2 Å². The van der Waals surface area contributed by atoms with E-state index in [-0.39, 0.29) is 24.4 Å². The van der Waals surface area contributed by atoms with Gasteiger partial charge < -0.3 is 9.80 Å². The fourth-order valence-electron chi connectivity index (χ4n) is 4.50. The summed E-state index contributed by atoms with van der Waals surface area (Å²) in [6, 6.07) is 18.8. The van der Waals surface area contributed by atoms with Gasteiger partial charge in [0, 0.05) is 44.5 Å². The summed E-state index contributed by atoms with van der Waals surface area (Å²) in [4.78, 5) is 17.9. The van der Waals surface area contributed by atoms with Crippen LogP contribution in [-0.4, -0.2) is 62.3 Å². The average Bonchev–Trinajstić information content (AvgIpc) is 2.80. The third-order valence-electron chi connectivity index (χ3n) is 6.15. The molecule has 7 heteroatoms. The number of rotatable bonds is 4. The highest BCUT2D eigenvalue weighted by molar-refractivity contribution is 7.89. The monoisotopic (exact) mass is 427 g/mol. The molecule has 2 saturated heterocycles. The number of benzene rings is 2. The van der Waals surface area contributed by atoms with Gasteiger partial charge in [-0.1, -0.05) is 36.4 Å². The Morgan fingerprint density at radius 3 is 2.23 bits per heavy atom. The molecule has 2 aromatic carbocycles. The highest BCUT2D eigenvalue weighted by Crippen LogP contribution is 2.27. The average molecular weight is 428 g/mol. The Labute approximate surface area is 179 Å². The number of hydrogen-bond donors (Lipinski definition) is 0. The van der Waals surface area contributed by atoms with Crippen LogP contribution in [0.25, 0.3) is 0 Å². The number of para-hydroxylation sites is 1. The Morgan fingerprint density at radius 2 is 1.57 bits per heavy atom. The van der Waals surface area contributed by atoms with Crippen LogP contribution in [0.5, 0.6) is 0 Å². The number of anilines is 1. The summed E-state index contributed by atoms with van der Waals surface area (Å²) < 4.78 is 27.5. The summed E-state index contributed by atoms with van der Waals surface area (Å²) in [6.45, 7) is 5.05. The fraction of sp³-hybridized carbons (Fsp3) is 0.435. The normalized spacial score (nSPS) is 23.4. The number of sulfonamides is 1. The van der Waals surface area contributed by atoms with Gasteiger partial charge in [0.1, 0.15) is 0 Å². The molecule has 30 heavy (non-hydrogen) atoms. The summed E-state index contributed by atoms with van der Waals surface area (Å²) in [5.74, 6) is -0.189. The van der Waals surface area contributed by atoms with E-state index >= 15 is 0 Å². The Morgan fingerprint density at radius 1 is 0.900 bits per heavy atom. The van der Waals surface area contributed by atoms with Crippen LogP contribution >= 0.6 is 0 Å². The van der Waals surface area contributed by atoms with Crippen LogP contribution in [0.15, 0.2) is 65.6 Å². The van der Waals surface area contributed by atoms with Gasteiger partial charge in [0.2, 0.25) is 15.9 Å². The summed E-state index contributed by atoms with van der Waals surface area (Å²) in [5, 5.41) is 0. The number of amides is 1. The van der Waals surface area contributed by atoms with Crippen LogP contribution in [0, 0.1) is 5.92 Å². The molecular weight excluding hydrogens is 398 g/mol. The Balaban J connectivity index is 1.42. The van der Waals surface area contributed by atoms with E-state index in [0.29, 0.717) is 24.4 Å². The number of carbonyl (C=O) groups excluding carboxylic acids is 1. The van der Waals surface area contributed by atoms with Crippen molar-refractivity contribution in [2.45, 2.75) is 30.7 Å². The first-order chi connectivity index (χ1) is 14.5. The minimum atomic E-state index is -3.56. The zero-order valence-electron chi connectivity index (χ0n) is 17.4. The Hall–Kier alpha value is -2.38. The lowest BCUT2D eigenvalue weighted by molar-refractivity contribution is -0.139. The molecule has 2 aliphatic heterocycles. The van der Waals surface area contributed by atoms with Crippen LogP contribution in [0.4, 0.5) is 5.69 Å². The first-order valence-electron chi connectivity index (χ1n) is 10.6. The van der Waals surface area contributed by atoms with Crippen molar-refractivity contribution >= 4 is 21.6 Å². The molecule has 2 atom stereocenters. The zero-order valence-corrected chi connectivity index (χ0v) is 18.2. The molecule has 4 rings (SSSR count). The molecule has 0 spiro atoms. The van der Waals surface area contributed by atoms with E-state index in [1.54, 1.807) is 30.3 Å². The minimum absolute atomic E-state index is 0.0863. The largest absolute Gasteiger partial charge is 0.368 e. The highest BCUT2D eigenvalue weighted by atomic mass is 32.2. The van der Waals surface area contributed by atoms with E-state index in [9.17, 15) is 13.2 Å². The number of hydrogen-bond acceptors (Lipinski definition) is 4. The van der Waals surface area contributed by atoms with Gasteiger partial charge in [-0.25, -0.2) is 8.42 Å². The highest BCUT2D eigenvalue weighted by Gasteiger charge is 2.37. The molecule has 0 aromatic heterocycles. The number of nitrogens with zero attached hydrogens (tertiary/aromatic N) is 3. The van der Waals surface area contributed by atoms with Crippen LogP contribution in [0.2, 0.25) is 0 Å². The lowest BCUT2D eigenvalue weighted by Gasteiger charge is -2.43. The van der Waals surface area contributed by atoms with Crippen molar-refractivity contribution in [1.82, 2.24) is 9.21 Å². The summed E-state index contributed by atoms with van der Waals surface area (Å²) in [5.41, 5.74) is 1.18. The third-order valence-corrected chi connectivity index (χ3v) is 8.03. The predicted molar refractivity (Wildman–Crippen MR) is 118 cm³/mol. The molecule has 160 valence electrons. The Kier molecular flexibility index (Phi) is 6.11. The molecule has 0 radical (unpaired) electrons. The molecule has 0 aliphatic carbocycles. The van der Waals surface area contributed by atoms with Gasteiger partial charge in [-0.3, -0.25) is 4.79 Å². The number of piperazine rings is 1. The van der Waals surface area contributed by atoms with Crippen LogP contribution in [-0.2, 0) is 14.8 Å². The van der Waals surface area contributed by atoms with E-state index < -0.39 is 10.0 Å². The van der Waals surface area contributed by atoms with Crippen molar-refractivity contribution in [3.05, 3.63) is 60.7 Å². The van der Waals surface area contributed by atoms with Crippen LogP contribution in [0.1, 0.15) is 19.8 Å². The van der Waals surface area contributed by atoms with E-state index in [0.717, 1.165) is 19.5 Å². The lowest BCUT2D eigenvalue weighted by atomic mass is 9.96. The first-order valence-corrected chi connectivity index (χ1v) is 12.1. The van der Waals surface area contributed by atoms with Crippen molar-refractivity contribution in [1.29, 1.82) is 0 Å². The van der Waals surface area contributed by atoms with Crippen molar-refractivity contribution in [2.75, 3.05) is 37.6 Å². The zero-order chi connectivity index (χ0) is 21.1. The van der Waals surface area contributed by atoms with Crippen LogP contribution < -0.4 is 4.90 Å². The van der Waals surface area contributed by atoms with Gasteiger partial charge in [0.25, 0.3) is 0 Å². The van der Waals surface area contributed by atoms with Gasteiger partial charge >= 0.3 is 0 Å². The van der Waals surface area contributed by atoms with Crippen LogP contribution in [0.3, 0.4) is 0 Å². The molecule has 2 fully saturated rings. The topological polar surface area (TPSA) is 60.9 Å². The predicted octanol–water partition coefficient (Wildman–Crippen LogP) is 2.82. The van der Waals surface area contributed by atoms with Gasteiger partial charge in [0.05, 0.1) is 10.8 Å². The molecule has 1 amide bonds. The fourth-order valence-corrected chi connectivity index (χ4v) is 6.04. The standard InChI is InChI=1S/C23H29N3O3S/c1-19-17-24(21-10-4-2-5-11-21)15-16-26(19)23(27)20-9-8-14-25(18-20)30(28,29)22-12-6-3-7-13-22/h2-7,10-13,19-20H,8-9,14-18H2,1H3. The van der Waals surface area contributed by atoms with Crippen molar-refractivity contribution in [3.63, 3.8) is 0 Å². The molecule has 0 saturated carbocycles. The maximum Gasteiger partial charge on any atom is 0.243 e. The second kappa shape index (κ2) is 8.78. The molecule has 2 unspecified atom stereocenters. The van der Waals surface area contributed by atoms with Crippen molar-refractivity contribution in [3.8, 4) is 0 Å². The quantitative estimate of drug-likeness (QED) is 0.753. The van der Waals surface area contributed by atoms with Gasteiger partial charge in [-0.15, -0.1) is 0 Å². The molecule has 2 aromatic rings. The molecule has 2 aliphatic rings. The molecule has 6 nitrogen and oxygen atoms in total. The van der Waals surface area contributed by atoms with E-state index in [1.807, 2.05) is 23.1 Å². The van der Waals surface area contributed by atoms with E-state index in [2.05, 4.69) is 24.0 Å². The summed E-state index contributed by atoms with van der Waals surface area (Å²) >= 11 is 0. The third kappa shape index (κ3) is 4.23. The minimum Gasteiger partial charge on any atom is -0.368 e. The van der Waals surface area contributed by atoms with E-state index in [4.69, 9.17) is 0 Å². The van der Waals surface area contributed by atoms with Gasteiger partial charge in [-0.2, -0.15) is 4.31 Å². The molecule has 0 bridgehead atoms. The maximum absolute atomic E-state index is 13.3. The molecule has 0 N–H and O–H groups in total. The van der Waals surface area contributed by atoms with Gasteiger partial charge in [-0.05, 0) is 44.0 Å². The second-order valence-corrected chi connectivity index (χ2v) is 10.1. The van der Waals surface area contributed by atoms with Gasteiger partial charge in [0.15, 0.2) is 0 Å². The second-order valence-electron chi connectivity index (χ2n) is 8.18. The lowest BCUT2D eigenvalue weighted by Crippen LogP contribution is -2.57. The smallest absolute Gasteiger partial charge is 0.243 e. The van der Waals surface area contributed by atoms with Crippen molar-refractivity contribution in [2.24, 2.45) is 5.92 Å². The molecule has 2 heterocycles. The maximum atomic E-state index is 13.3. The molecular formula is C23H29N3O3S. The number of carbonyl (C=O) groups is 1. The summed E-state index contributed by atoms with van der Waals surface area (Å²) in [6.07, 6.45) is 1.45. The number of piperidine rings is 1. The first kappa shape index (κ1) is 20.9.